The minimum Gasteiger partial charge on any atom is -0.465 e. The number of aromatic nitrogens is 1. The van der Waals surface area contributed by atoms with Gasteiger partial charge in [0.1, 0.15) is 5.82 Å². The predicted octanol–water partition coefficient (Wildman–Crippen LogP) is 2.19. The molecule has 8 heteroatoms. The number of rotatable bonds is 5. The van der Waals surface area contributed by atoms with Crippen LogP contribution in [0.2, 0.25) is 0 Å². The molecule has 1 fully saturated rings. The van der Waals surface area contributed by atoms with Crippen LogP contribution < -0.4 is 0 Å². The van der Waals surface area contributed by atoms with E-state index in [2.05, 4.69) is 5.16 Å². The van der Waals surface area contributed by atoms with E-state index in [0.29, 0.717) is 32.8 Å². The molecule has 2 aromatic rings. The summed E-state index contributed by atoms with van der Waals surface area (Å²) in [6, 6.07) is 7.63. The highest BCUT2D eigenvalue weighted by molar-refractivity contribution is 5.93. The number of benzene rings is 1. The van der Waals surface area contributed by atoms with Crippen molar-refractivity contribution in [3.8, 4) is 11.3 Å². The molecular weight excluding hydrogens is 353 g/mol. The van der Waals surface area contributed by atoms with Crippen LogP contribution in [-0.4, -0.2) is 66.2 Å². The quantitative estimate of drug-likeness (QED) is 0.746. The Kier molecular flexibility index (Phi) is 6.18. The number of carbonyl (C=O) groups is 2. The zero-order valence-corrected chi connectivity index (χ0v) is 15.2. The fourth-order valence-electron chi connectivity index (χ4n) is 3.05. The Balaban J connectivity index is 1.63. The molecule has 0 unspecified atom stereocenters. The highest BCUT2D eigenvalue weighted by Gasteiger charge is 2.24. The van der Waals surface area contributed by atoms with E-state index < -0.39 is 5.82 Å². The summed E-state index contributed by atoms with van der Waals surface area (Å²) in [7, 11) is 0. The van der Waals surface area contributed by atoms with Crippen molar-refractivity contribution in [3.63, 3.8) is 0 Å². The van der Waals surface area contributed by atoms with Crippen LogP contribution in [0.15, 0.2) is 34.9 Å². The summed E-state index contributed by atoms with van der Waals surface area (Å²) in [5.74, 6) is -0.741. The summed E-state index contributed by atoms with van der Waals surface area (Å²) < 4.78 is 24.0. The van der Waals surface area contributed by atoms with Crippen LogP contribution in [0, 0.1) is 5.82 Å². The molecule has 3 rings (SSSR count). The first-order valence-electron chi connectivity index (χ1n) is 8.97. The minimum atomic E-state index is -0.433. The number of amides is 1. The van der Waals surface area contributed by atoms with Crippen molar-refractivity contribution >= 4 is 11.9 Å². The molecule has 27 heavy (non-hydrogen) atoms. The SMILES string of the molecule is CCOC(=O)CN1CCCN(C(=O)c2cc(-c3ccccc3F)on2)CC1. The van der Waals surface area contributed by atoms with Gasteiger partial charge in [0.15, 0.2) is 11.5 Å². The summed E-state index contributed by atoms with van der Waals surface area (Å²) in [4.78, 5) is 28.0. The maximum atomic E-state index is 13.9. The topological polar surface area (TPSA) is 75.9 Å². The van der Waals surface area contributed by atoms with E-state index in [0.717, 1.165) is 6.42 Å². The van der Waals surface area contributed by atoms with Gasteiger partial charge in [0.25, 0.3) is 5.91 Å². The van der Waals surface area contributed by atoms with E-state index in [9.17, 15) is 14.0 Å². The molecule has 0 radical (unpaired) electrons. The zero-order chi connectivity index (χ0) is 19.2. The number of carbonyl (C=O) groups excluding carboxylic acids is 2. The second kappa shape index (κ2) is 8.77. The Bertz CT molecular complexity index is 808. The van der Waals surface area contributed by atoms with Gasteiger partial charge in [-0.1, -0.05) is 17.3 Å². The van der Waals surface area contributed by atoms with Gasteiger partial charge < -0.3 is 14.2 Å². The summed E-state index contributed by atoms with van der Waals surface area (Å²) in [5, 5.41) is 3.81. The molecular formula is C19H22FN3O4. The van der Waals surface area contributed by atoms with E-state index in [4.69, 9.17) is 9.26 Å². The van der Waals surface area contributed by atoms with Crippen LogP contribution >= 0.6 is 0 Å². The number of hydrogen-bond donors (Lipinski definition) is 0. The molecule has 1 aromatic carbocycles. The number of hydrogen-bond acceptors (Lipinski definition) is 6. The van der Waals surface area contributed by atoms with Crippen molar-refractivity contribution in [2.75, 3.05) is 39.3 Å². The zero-order valence-electron chi connectivity index (χ0n) is 15.2. The monoisotopic (exact) mass is 375 g/mol. The molecule has 0 saturated carbocycles. The number of halogens is 1. The van der Waals surface area contributed by atoms with E-state index in [1.54, 1.807) is 30.0 Å². The van der Waals surface area contributed by atoms with E-state index in [-0.39, 0.29) is 35.4 Å². The molecule has 1 aliphatic heterocycles. The van der Waals surface area contributed by atoms with Crippen LogP contribution in [0.5, 0.6) is 0 Å². The molecule has 0 bridgehead atoms. The van der Waals surface area contributed by atoms with Crippen LogP contribution in [0.25, 0.3) is 11.3 Å². The summed E-state index contributed by atoms with van der Waals surface area (Å²) in [6.07, 6.45) is 0.739. The van der Waals surface area contributed by atoms with Gasteiger partial charge in [-0.2, -0.15) is 0 Å². The molecule has 144 valence electrons. The highest BCUT2D eigenvalue weighted by Crippen LogP contribution is 2.23. The second-order valence-corrected chi connectivity index (χ2v) is 6.28. The second-order valence-electron chi connectivity index (χ2n) is 6.28. The molecule has 1 amide bonds. The smallest absolute Gasteiger partial charge is 0.320 e. The maximum Gasteiger partial charge on any atom is 0.320 e. The lowest BCUT2D eigenvalue weighted by Gasteiger charge is -2.20. The molecule has 2 heterocycles. The van der Waals surface area contributed by atoms with Gasteiger partial charge in [-0.15, -0.1) is 0 Å². The molecule has 0 N–H and O–H groups in total. The summed E-state index contributed by atoms with van der Waals surface area (Å²) >= 11 is 0. The predicted molar refractivity (Wildman–Crippen MR) is 95.5 cm³/mol. The number of esters is 1. The fraction of sp³-hybridized carbons (Fsp3) is 0.421. The third kappa shape index (κ3) is 4.71. The molecule has 0 atom stereocenters. The van der Waals surface area contributed by atoms with Gasteiger partial charge in [0, 0.05) is 32.2 Å². The van der Waals surface area contributed by atoms with E-state index >= 15 is 0 Å². The molecule has 0 spiro atoms. The molecule has 7 nitrogen and oxygen atoms in total. The van der Waals surface area contributed by atoms with Crippen molar-refractivity contribution in [3.05, 3.63) is 41.8 Å². The normalized spacial score (nSPS) is 15.4. The Morgan fingerprint density at radius 3 is 2.81 bits per heavy atom. The largest absolute Gasteiger partial charge is 0.465 e. The van der Waals surface area contributed by atoms with Crippen molar-refractivity contribution in [1.82, 2.24) is 15.0 Å². The van der Waals surface area contributed by atoms with Gasteiger partial charge in [-0.05, 0) is 25.5 Å². The number of nitrogens with zero attached hydrogens (tertiary/aromatic N) is 3. The lowest BCUT2D eigenvalue weighted by atomic mass is 10.1. The summed E-state index contributed by atoms with van der Waals surface area (Å²) in [5.41, 5.74) is 0.410. The third-order valence-electron chi connectivity index (χ3n) is 4.40. The van der Waals surface area contributed by atoms with Gasteiger partial charge in [0.05, 0.1) is 18.7 Å². The van der Waals surface area contributed by atoms with Gasteiger partial charge in [-0.25, -0.2) is 4.39 Å². The Morgan fingerprint density at radius 1 is 1.22 bits per heavy atom. The Hall–Kier alpha value is -2.74. The molecule has 1 aliphatic rings. The van der Waals surface area contributed by atoms with E-state index in [1.165, 1.54) is 12.1 Å². The third-order valence-corrected chi connectivity index (χ3v) is 4.40. The van der Waals surface area contributed by atoms with Gasteiger partial charge in [-0.3, -0.25) is 14.5 Å². The Morgan fingerprint density at radius 2 is 2.04 bits per heavy atom. The standard InChI is InChI=1S/C19H22FN3O4/c1-2-26-18(24)13-22-8-5-9-23(11-10-22)19(25)16-12-17(27-21-16)14-6-3-4-7-15(14)20/h3-4,6-7,12H,2,5,8-11,13H2,1H3. The molecule has 0 aliphatic carbocycles. The first-order chi connectivity index (χ1) is 13.1. The van der Waals surface area contributed by atoms with Gasteiger partial charge in [0.2, 0.25) is 0 Å². The lowest BCUT2D eigenvalue weighted by molar-refractivity contribution is -0.144. The Labute approximate surface area is 156 Å². The fourth-order valence-corrected chi connectivity index (χ4v) is 3.05. The van der Waals surface area contributed by atoms with E-state index in [1.807, 2.05) is 4.90 Å². The first-order valence-corrected chi connectivity index (χ1v) is 8.97. The van der Waals surface area contributed by atoms with Crippen molar-refractivity contribution in [2.45, 2.75) is 13.3 Å². The summed E-state index contributed by atoms with van der Waals surface area (Å²) in [6.45, 7) is 4.66. The average Bonchev–Trinajstić information content (AvgIpc) is 3.02. The van der Waals surface area contributed by atoms with Crippen LogP contribution in [-0.2, 0) is 9.53 Å². The van der Waals surface area contributed by atoms with Gasteiger partial charge >= 0.3 is 5.97 Å². The lowest BCUT2D eigenvalue weighted by Crippen LogP contribution is -2.37. The molecule has 1 saturated heterocycles. The first kappa shape index (κ1) is 19.0. The van der Waals surface area contributed by atoms with Crippen molar-refractivity contribution in [2.24, 2.45) is 0 Å². The van der Waals surface area contributed by atoms with Crippen LogP contribution in [0.3, 0.4) is 0 Å². The maximum absolute atomic E-state index is 13.9. The highest BCUT2D eigenvalue weighted by atomic mass is 19.1. The average molecular weight is 375 g/mol. The van der Waals surface area contributed by atoms with Crippen LogP contribution in [0.4, 0.5) is 4.39 Å². The minimum absolute atomic E-state index is 0.145. The van der Waals surface area contributed by atoms with Crippen molar-refractivity contribution < 1.29 is 23.2 Å². The molecule has 1 aromatic heterocycles. The van der Waals surface area contributed by atoms with Crippen LogP contribution in [0.1, 0.15) is 23.8 Å². The number of ether oxygens (including phenoxy) is 1. The van der Waals surface area contributed by atoms with Crippen molar-refractivity contribution in [1.29, 1.82) is 0 Å².